The first kappa shape index (κ1) is 23.5. The number of rotatable bonds is 7. The number of nitro benzene ring substituents is 1. The van der Waals surface area contributed by atoms with Gasteiger partial charge in [0, 0.05) is 55.9 Å². The van der Waals surface area contributed by atoms with Gasteiger partial charge < -0.3 is 10.2 Å². The van der Waals surface area contributed by atoms with Crippen LogP contribution in [0.3, 0.4) is 0 Å². The number of nitrogens with one attached hydrogen (secondary N) is 2. The SMILES string of the molecule is O=C(NCCCN1CCN(c2cccc(C(F)(F)F)c2)CC1)c1n[nH]c2ccc([N+](=O)[O-])cc12. The molecule has 12 heteroatoms. The monoisotopic (exact) mass is 476 g/mol. The molecule has 2 N–H and O–H groups in total. The molecule has 3 aromatic rings. The van der Waals surface area contributed by atoms with Crippen molar-refractivity contribution in [1.29, 1.82) is 0 Å². The molecule has 1 aliphatic heterocycles. The molecule has 0 unspecified atom stereocenters. The second kappa shape index (κ2) is 9.67. The molecule has 0 bridgehead atoms. The summed E-state index contributed by atoms with van der Waals surface area (Å²) in [4.78, 5) is 27.1. The molecule has 1 fully saturated rings. The Balaban J connectivity index is 1.23. The summed E-state index contributed by atoms with van der Waals surface area (Å²) in [7, 11) is 0. The highest BCUT2D eigenvalue weighted by Gasteiger charge is 2.31. The molecular formula is C22H23F3N6O3. The Morgan fingerprint density at radius 3 is 2.62 bits per heavy atom. The van der Waals surface area contributed by atoms with Crippen LogP contribution in [0.25, 0.3) is 10.9 Å². The van der Waals surface area contributed by atoms with Gasteiger partial charge in [-0.25, -0.2) is 0 Å². The third kappa shape index (κ3) is 5.28. The molecule has 2 heterocycles. The summed E-state index contributed by atoms with van der Waals surface area (Å²) in [5.74, 6) is -0.416. The number of aromatic nitrogens is 2. The van der Waals surface area contributed by atoms with E-state index >= 15 is 0 Å². The Hall–Kier alpha value is -3.67. The maximum Gasteiger partial charge on any atom is 0.416 e. The normalized spacial score (nSPS) is 15.0. The highest BCUT2D eigenvalue weighted by molar-refractivity contribution is 6.05. The fourth-order valence-corrected chi connectivity index (χ4v) is 3.99. The van der Waals surface area contributed by atoms with Gasteiger partial charge in [-0.1, -0.05) is 6.07 Å². The van der Waals surface area contributed by atoms with E-state index in [-0.39, 0.29) is 11.4 Å². The number of amides is 1. The number of nitrogens with zero attached hydrogens (tertiary/aromatic N) is 4. The van der Waals surface area contributed by atoms with Crippen LogP contribution in [0.15, 0.2) is 42.5 Å². The highest BCUT2D eigenvalue weighted by atomic mass is 19.4. The van der Waals surface area contributed by atoms with E-state index in [1.165, 1.54) is 30.3 Å². The fraction of sp³-hybridized carbons (Fsp3) is 0.364. The van der Waals surface area contributed by atoms with Crippen LogP contribution < -0.4 is 10.2 Å². The van der Waals surface area contributed by atoms with Crippen molar-refractivity contribution in [2.24, 2.45) is 0 Å². The number of H-pyrrole nitrogens is 1. The Morgan fingerprint density at radius 2 is 1.91 bits per heavy atom. The number of anilines is 1. The first-order chi connectivity index (χ1) is 16.2. The van der Waals surface area contributed by atoms with Gasteiger partial charge in [0.25, 0.3) is 11.6 Å². The lowest BCUT2D eigenvalue weighted by atomic mass is 10.1. The average Bonchev–Trinajstić information content (AvgIpc) is 3.25. The maximum atomic E-state index is 13.0. The fourth-order valence-electron chi connectivity index (χ4n) is 3.99. The van der Waals surface area contributed by atoms with E-state index in [9.17, 15) is 28.1 Å². The highest BCUT2D eigenvalue weighted by Crippen LogP contribution is 2.32. The number of aromatic amines is 1. The van der Waals surface area contributed by atoms with Gasteiger partial charge in [0.05, 0.1) is 16.0 Å². The van der Waals surface area contributed by atoms with Crippen molar-refractivity contribution in [2.75, 3.05) is 44.2 Å². The molecule has 0 radical (unpaired) electrons. The predicted octanol–water partition coefficient (Wildman–Crippen LogP) is 3.43. The Labute approximate surface area is 192 Å². The van der Waals surface area contributed by atoms with Crippen LogP contribution in [0.1, 0.15) is 22.5 Å². The lowest BCUT2D eigenvalue weighted by molar-refractivity contribution is -0.384. The van der Waals surface area contributed by atoms with E-state index in [0.717, 1.165) is 12.6 Å². The van der Waals surface area contributed by atoms with E-state index in [1.54, 1.807) is 6.07 Å². The number of halogens is 3. The van der Waals surface area contributed by atoms with Crippen molar-refractivity contribution < 1.29 is 22.9 Å². The third-order valence-electron chi connectivity index (χ3n) is 5.82. The number of piperazine rings is 1. The van der Waals surface area contributed by atoms with Crippen LogP contribution in [-0.4, -0.2) is 65.2 Å². The number of nitro groups is 1. The molecular weight excluding hydrogens is 453 g/mol. The van der Waals surface area contributed by atoms with Crippen molar-refractivity contribution in [1.82, 2.24) is 20.4 Å². The quantitative estimate of drug-likeness (QED) is 0.307. The summed E-state index contributed by atoms with van der Waals surface area (Å²) in [5.41, 5.74) is 0.436. The predicted molar refractivity (Wildman–Crippen MR) is 120 cm³/mol. The number of carbonyl (C=O) groups excluding carboxylic acids is 1. The van der Waals surface area contributed by atoms with Gasteiger partial charge in [-0.3, -0.25) is 24.9 Å². The number of hydrogen-bond acceptors (Lipinski definition) is 6. The van der Waals surface area contributed by atoms with Gasteiger partial charge in [0.2, 0.25) is 0 Å². The first-order valence-electron chi connectivity index (χ1n) is 10.8. The number of alkyl halides is 3. The third-order valence-corrected chi connectivity index (χ3v) is 5.82. The molecule has 0 spiro atoms. The van der Waals surface area contributed by atoms with Crippen LogP contribution >= 0.6 is 0 Å². The zero-order valence-electron chi connectivity index (χ0n) is 18.1. The van der Waals surface area contributed by atoms with Crippen LogP contribution in [0.2, 0.25) is 0 Å². The minimum Gasteiger partial charge on any atom is -0.369 e. The van der Waals surface area contributed by atoms with Gasteiger partial charge in [-0.05, 0) is 37.2 Å². The average molecular weight is 476 g/mol. The molecule has 2 aromatic carbocycles. The molecule has 0 atom stereocenters. The zero-order chi connectivity index (χ0) is 24.3. The summed E-state index contributed by atoms with van der Waals surface area (Å²) >= 11 is 0. The van der Waals surface area contributed by atoms with Crippen LogP contribution in [0, 0.1) is 10.1 Å². The largest absolute Gasteiger partial charge is 0.416 e. The topological polar surface area (TPSA) is 107 Å². The summed E-state index contributed by atoms with van der Waals surface area (Å²) in [6.45, 7) is 3.77. The Kier molecular flexibility index (Phi) is 6.68. The van der Waals surface area contributed by atoms with Crippen molar-refractivity contribution in [3.05, 3.63) is 63.8 Å². The lowest BCUT2D eigenvalue weighted by Gasteiger charge is -2.36. The van der Waals surface area contributed by atoms with Gasteiger partial charge in [0.15, 0.2) is 5.69 Å². The van der Waals surface area contributed by atoms with E-state index < -0.39 is 22.6 Å². The minimum atomic E-state index is -4.36. The first-order valence-corrected chi connectivity index (χ1v) is 10.8. The second-order valence-corrected chi connectivity index (χ2v) is 8.05. The molecule has 34 heavy (non-hydrogen) atoms. The second-order valence-electron chi connectivity index (χ2n) is 8.05. The maximum absolute atomic E-state index is 13.0. The van der Waals surface area contributed by atoms with Gasteiger partial charge in [-0.2, -0.15) is 18.3 Å². The number of benzene rings is 2. The zero-order valence-corrected chi connectivity index (χ0v) is 18.1. The molecule has 1 amide bonds. The number of non-ortho nitro benzene ring substituents is 1. The minimum absolute atomic E-state index is 0.105. The Bertz CT molecular complexity index is 1190. The molecule has 0 aliphatic carbocycles. The van der Waals surface area contributed by atoms with Crippen molar-refractivity contribution in [3.63, 3.8) is 0 Å². The van der Waals surface area contributed by atoms with E-state index in [1.807, 2.05) is 4.90 Å². The molecule has 180 valence electrons. The molecule has 1 aliphatic rings. The Morgan fingerprint density at radius 1 is 1.15 bits per heavy atom. The van der Waals surface area contributed by atoms with Crippen LogP contribution in [-0.2, 0) is 6.18 Å². The van der Waals surface area contributed by atoms with E-state index in [0.29, 0.717) is 55.7 Å². The molecule has 1 saturated heterocycles. The van der Waals surface area contributed by atoms with Crippen molar-refractivity contribution in [2.45, 2.75) is 12.6 Å². The molecule has 0 saturated carbocycles. The molecule has 1 aromatic heterocycles. The smallest absolute Gasteiger partial charge is 0.369 e. The number of fused-ring (bicyclic) bond motifs is 1. The van der Waals surface area contributed by atoms with Gasteiger partial charge in [0.1, 0.15) is 0 Å². The van der Waals surface area contributed by atoms with E-state index in [4.69, 9.17) is 0 Å². The summed E-state index contributed by atoms with van der Waals surface area (Å²) in [6.07, 6.45) is -3.68. The number of carbonyl (C=O) groups is 1. The van der Waals surface area contributed by atoms with Gasteiger partial charge >= 0.3 is 6.18 Å². The standard InChI is InChI=1S/C22H23F3N6O3/c23-22(24,25)15-3-1-4-16(13-15)30-11-9-29(10-12-30)8-2-7-26-21(32)20-18-14-17(31(33)34)5-6-19(18)27-28-20/h1,3-6,13-14H,2,7-12H2,(H,26,32)(H,27,28). The molecule has 4 rings (SSSR count). The lowest BCUT2D eigenvalue weighted by Crippen LogP contribution is -2.47. The summed E-state index contributed by atoms with van der Waals surface area (Å²) < 4.78 is 38.9. The molecule has 9 nitrogen and oxygen atoms in total. The van der Waals surface area contributed by atoms with Crippen LogP contribution in [0.4, 0.5) is 24.5 Å². The van der Waals surface area contributed by atoms with Crippen molar-refractivity contribution >= 4 is 28.2 Å². The summed E-state index contributed by atoms with van der Waals surface area (Å²) in [6, 6.07) is 9.53. The summed E-state index contributed by atoms with van der Waals surface area (Å²) in [5, 5.41) is 20.8. The number of hydrogen-bond donors (Lipinski definition) is 2. The van der Waals surface area contributed by atoms with Crippen LogP contribution in [0.5, 0.6) is 0 Å². The van der Waals surface area contributed by atoms with Gasteiger partial charge in [-0.15, -0.1) is 0 Å². The van der Waals surface area contributed by atoms with Crippen molar-refractivity contribution in [3.8, 4) is 0 Å². The van der Waals surface area contributed by atoms with E-state index in [2.05, 4.69) is 20.4 Å².